The van der Waals surface area contributed by atoms with E-state index >= 15 is 0 Å². The molecular formula is C21H21N5OS2. The molecule has 0 saturated carbocycles. The number of nitriles is 1. The monoisotopic (exact) mass is 423 g/mol. The molecule has 0 saturated heterocycles. The Balaban J connectivity index is 1.43. The van der Waals surface area contributed by atoms with E-state index in [-0.39, 0.29) is 11.7 Å². The van der Waals surface area contributed by atoms with Crippen LogP contribution in [0.2, 0.25) is 0 Å². The van der Waals surface area contributed by atoms with Crippen molar-refractivity contribution in [3.05, 3.63) is 45.8 Å². The average Bonchev–Trinajstić information content (AvgIpc) is 3.25. The van der Waals surface area contributed by atoms with Gasteiger partial charge in [-0.05, 0) is 44.2 Å². The number of fused-ring (bicyclic) bond motifs is 1. The van der Waals surface area contributed by atoms with E-state index in [0.717, 1.165) is 48.2 Å². The number of carbonyl (C=O) groups excluding carboxylic acids is 1. The van der Waals surface area contributed by atoms with Crippen molar-refractivity contribution in [1.82, 2.24) is 14.8 Å². The fraction of sp³-hybridized carbons (Fsp3) is 0.333. The maximum absolute atomic E-state index is 12.5. The molecule has 2 heterocycles. The Kier molecular flexibility index (Phi) is 5.69. The number of thioether (sulfide) groups is 1. The Morgan fingerprint density at radius 2 is 2.17 bits per heavy atom. The van der Waals surface area contributed by atoms with Crippen molar-refractivity contribution in [3.8, 4) is 17.5 Å². The minimum absolute atomic E-state index is 0.134. The van der Waals surface area contributed by atoms with Crippen molar-refractivity contribution >= 4 is 34.0 Å². The molecule has 29 heavy (non-hydrogen) atoms. The minimum atomic E-state index is -0.134. The summed E-state index contributed by atoms with van der Waals surface area (Å²) in [5.41, 5.74) is 3.93. The predicted octanol–water partition coefficient (Wildman–Crippen LogP) is 4.33. The van der Waals surface area contributed by atoms with Crippen LogP contribution in [0.4, 0.5) is 5.00 Å². The molecule has 3 aromatic rings. The quantitative estimate of drug-likeness (QED) is 0.618. The summed E-state index contributed by atoms with van der Waals surface area (Å²) in [5.74, 6) is 0.854. The molecule has 1 aromatic carbocycles. The number of nitrogens with zero attached hydrogens (tertiary/aromatic N) is 4. The number of nitrogens with one attached hydrogen (secondary N) is 1. The van der Waals surface area contributed by atoms with Crippen molar-refractivity contribution in [2.75, 3.05) is 11.1 Å². The van der Waals surface area contributed by atoms with Gasteiger partial charge in [0.25, 0.3) is 0 Å². The van der Waals surface area contributed by atoms with E-state index in [2.05, 4.69) is 27.6 Å². The van der Waals surface area contributed by atoms with Crippen molar-refractivity contribution in [2.24, 2.45) is 7.05 Å². The van der Waals surface area contributed by atoms with Gasteiger partial charge in [0.05, 0.1) is 11.3 Å². The zero-order chi connectivity index (χ0) is 20.4. The van der Waals surface area contributed by atoms with Crippen molar-refractivity contribution < 1.29 is 4.79 Å². The van der Waals surface area contributed by atoms with E-state index in [9.17, 15) is 10.1 Å². The standard InChI is InChI=1S/C21H21N5OS2/c1-13-6-5-7-14(10-13)19-24-25-21(26(19)2)28-12-18(27)23-20-16(11-22)15-8-3-4-9-17(15)29-20/h5-7,10H,3-4,8-9,12H2,1-2H3,(H,23,27). The summed E-state index contributed by atoms with van der Waals surface area (Å²) in [7, 11) is 1.90. The van der Waals surface area contributed by atoms with Crippen molar-refractivity contribution in [1.29, 1.82) is 5.26 Å². The summed E-state index contributed by atoms with van der Waals surface area (Å²) in [6, 6.07) is 10.4. The number of hydrogen-bond donors (Lipinski definition) is 1. The topological polar surface area (TPSA) is 83.6 Å². The van der Waals surface area contributed by atoms with Crippen LogP contribution in [-0.2, 0) is 24.7 Å². The van der Waals surface area contributed by atoms with Gasteiger partial charge >= 0.3 is 0 Å². The molecule has 1 amide bonds. The maximum atomic E-state index is 12.5. The number of hydrogen-bond acceptors (Lipinski definition) is 6. The van der Waals surface area contributed by atoms with Gasteiger partial charge in [0.2, 0.25) is 5.91 Å². The minimum Gasteiger partial charge on any atom is -0.316 e. The van der Waals surface area contributed by atoms with Crippen LogP contribution in [0.3, 0.4) is 0 Å². The van der Waals surface area contributed by atoms with Crippen molar-refractivity contribution in [3.63, 3.8) is 0 Å². The van der Waals surface area contributed by atoms with E-state index in [1.165, 1.54) is 16.6 Å². The molecule has 1 aliphatic rings. The molecule has 2 aromatic heterocycles. The van der Waals surface area contributed by atoms with Gasteiger partial charge in [0, 0.05) is 17.5 Å². The highest BCUT2D eigenvalue weighted by molar-refractivity contribution is 7.99. The fourth-order valence-electron chi connectivity index (χ4n) is 3.54. The number of thiophene rings is 1. The molecule has 0 aliphatic heterocycles. The number of rotatable bonds is 5. The first kappa shape index (κ1) is 19.7. The molecule has 4 rings (SSSR count). The average molecular weight is 424 g/mol. The van der Waals surface area contributed by atoms with Crippen LogP contribution in [0.15, 0.2) is 29.4 Å². The second-order valence-electron chi connectivity index (χ2n) is 7.10. The molecule has 6 nitrogen and oxygen atoms in total. The highest BCUT2D eigenvalue weighted by Gasteiger charge is 2.22. The fourth-order valence-corrected chi connectivity index (χ4v) is 5.51. The third-order valence-corrected chi connectivity index (χ3v) is 7.21. The maximum Gasteiger partial charge on any atom is 0.235 e. The Morgan fingerprint density at radius 3 is 2.97 bits per heavy atom. The number of aryl methyl sites for hydroxylation is 2. The van der Waals surface area contributed by atoms with Gasteiger partial charge in [-0.15, -0.1) is 21.5 Å². The van der Waals surface area contributed by atoms with Crippen LogP contribution >= 0.6 is 23.1 Å². The Bertz CT molecular complexity index is 1110. The molecule has 148 valence electrons. The summed E-state index contributed by atoms with van der Waals surface area (Å²) in [6.07, 6.45) is 4.19. The molecule has 1 aliphatic carbocycles. The second-order valence-corrected chi connectivity index (χ2v) is 9.15. The van der Waals surface area contributed by atoms with E-state index in [1.54, 1.807) is 11.3 Å². The largest absolute Gasteiger partial charge is 0.316 e. The smallest absolute Gasteiger partial charge is 0.235 e. The summed E-state index contributed by atoms with van der Waals surface area (Å²) in [6.45, 7) is 2.04. The van der Waals surface area contributed by atoms with Gasteiger partial charge in [-0.3, -0.25) is 4.79 Å². The lowest BCUT2D eigenvalue weighted by Crippen LogP contribution is -2.14. The van der Waals surface area contributed by atoms with Crippen LogP contribution in [0.25, 0.3) is 11.4 Å². The lowest BCUT2D eigenvalue weighted by atomic mass is 9.96. The van der Waals surface area contributed by atoms with Gasteiger partial charge < -0.3 is 9.88 Å². The van der Waals surface area contributed by atoms with Crippen molar-refractivity contribution in [2.45, 2.75) is 37.8 Å². The zero-order valence-corrected chi connectivity index (χ0v) is 18.0. The normalized spacial score (nSPS) is 13.0. The van der Waals surface area contributed by atoms with Crippen LogP contribution in [-0.4, -0.2) is 26.4 Å². The summed E-state index contributed by atoms with van der Waals surface area (Å²) in [5, 5.41) is 22.3. The molecule has 0 bridgehead atoms. The van der Waals surface area contributed by atoms with Gasteiger partial charge in [0.1, 0.15) is 11.1 Å². The Hall–Kier alpha value is -2.63. The van der Waals surface area contributed by atoms with E-state index in [0.29, 0.717) is 15.7 Å². The van der Waals surface area contributed by atoms with Gasteiger partial charge in [0.15, 0.2) is 11.0 Å². The molecule has 1 N–H and O–H groups in total. The SMILES string of the molecule is Cc1cccc(-c2nnc(SCC(=O)Nc3sc4c(c3C#N)CCCC4)n2C)c1. The summed E-state index contributed by atoms with van der Waals surface area (Å²) < 4.78 is 1.90. The number of aromatic nitrogens is 3. The third-order valence-electron chi connectivity index (χ3n) is 4.98. The first-order chi connectivity index (χ1) is 14.1. The Labute approximate surface area is 178 Å². The van der Waals surface area contributed by atoms with Crippen LogP contribution in [0.1, 0.15) is 34.4 Å². The second kappa shape index (κ2) is 8.39. The van der Waals surface area contributed by atoms with Gasteiger partial charge in [-0.2, -0.15) is 5.26 Å². The molecule has 0 spiro atoms. The molecule has 8 heteroatoms. The van der Waals surface area contributed by atoms with Gasteiger partial charge in [-0.25, -0.2) is 0 Å². The predicted molar refractivity (Wildman–Crippen MR) is 116 cm³/mol. The number of carbonyl (C=O) groups is 1. The van der Waals surface area contributed by atoms with E-state index in [1.807, 2.05) is 36.7 Å². The van der Waals surface area contributed by atoms with Crippen LogP contribution < -0.4 is 5.32 Å². The number of benzene rings is 1. The number of amides is 1. The Morgan fingerprint density at radius 1 is 1.34 bits per heavy atom. The van der Waals surface area contributed by atoms with E-state index < -0.39 is 0 Å². The summed E-state index contributed by atoms with van der Waals surface area (Å²) in [4.78, 5) is 13.7. The first-order valence-corrected chi connectivity index (χ1v) is 11.3. The molecular weight excluding hydrogens is 402 g/mol. The lowest BCUT2D eigenvalue weighted by molar-refractivity contribution is -0.113. The highest BCUT2D eigenvalue weighted by Crippen LogP contribution is 2.37. The lowest BCUT2D eigenvalue weighted by Gasteiger charge is -2.09. The first-order valence-electron chi connectivity index (χ1n) is 9.50. The third kappa shape index (κ3) is 4.07. The van der Waals surface area contributed by atoms with Crippen LogP contribution in [0, 0.1) is 18.3 Å². The molecule has 0 atom stereocenters. The molecule has 0 unspecified atom stereocenters. The van der Waals surface area contributed by atoms with E-state index in [4.69, 9.17) is 0 Å². The van der Waals surface area contributed by atoms with Crippen LogP contribution in [0.5, 0.6) is 0 Å². The van der Waals surface area contributed by atoms with Gasteiger partial charge in [-0.1, -0.05) is 35.5 Å². The highest BCUT2D eigenvalue weighted by atomic mass is 32.2. The zero-order valence-electron chi connectivity index (χ0n) is 16.4. The molecule has 0 fully saturated rings. The number of anilines is 1. The summed E-state index contributed by atoms with van der Waals surface area (Å²) >= 11 is 2.89. The molecule has 0 radical (unpaired) electrons.